The van der Waals surface area contributed by atoms with Gasteiger partial charge in [-0.1, -0.05) is 31.2 Å². The minimum Gasteiger partial charge on any atom is -0.387 e. The van der Waals surface area contributed by atoms with Gasteiger partial charge in [0.25, 0.3) is 0 Å². The van der Waals surface area contributed by atoms with Crippen molar-refractivity contribution in [3.8, 4) is 0 Å². The summed E-state index contributed by atoms with van der Waals surface area (Å²) in [5.74, 6) is 0. The van der Waals surface area contributed by atoms with E-state index in [-0.39, 0.29) is 5.60 Å². The third-order valence-corrected chi connectivity index (χ3v) is 4.43. The number of rotatable bonds is 5. The Hall–Kier alpha value is -0.900. The molecule has 112 valence electrons. The van der Waals surface area contributed by atoms with Crippen molar-refractivity contribution < 1.29 is 9.84 Å². The van der Waals surface area contributed by atoms with Gasteiger partial charge < -0.3 is 9.84 Å². The highest BCUT2D eigenvalue weighted by atomic mass is 16.5. The van der Waals surface area contributed by atoms with Crippen LogP contribution in [-0.4, -0.2) is 42.4 Å². The molecular weight excluding hydrogens is 250 g/mol. The molecule has 2 atom stereocenters. The number of β-amino-alcohol motifs (C(OH)–C–C–N with tert-alkyl or cyclic N) is 1. The van der Waals surface area contributed by atoms with E-state index in [1.807, 2.05) is 12.1 Å². The lowest BCUT2D eigenvalue weighted by molar-refractivity contribution is -0.0586. The number of benzene rings is 1. The first-order valence-corrected chi connectivity index (χ1v) is 7.61. The van der Waals surface area contributed by atoms with E-state index in [1.165, 1.54) is 5.56 Å². The lowest BCUT2D eigenvalue weighted by Crippen LogP contribution is -2.48. The lowest BCUT2D eigenvalue weighted by atomic mass is 9.94. The summed E-state index contributed by atoms with van der Waals surface area (Å²) in [5, 5.41) is 10.4. The molecule has 3 nitrogen and oxygen atoms in total. The number of likely N-dealkylation sites (tertiary alicyclic amines) is 1. The van der Waals surface area contributed by atoms with Gasteiger partial charge in [-0.05, 0) is 43.9 Å². The van der Waals surface area contributed by atoms with Crippen LogP contribution in [-0.2, 0) is 11.2 Å². The van der Waals surface area contributed by atoms with E-state index < -0.39 is 6.10 Å². The van der Waals surface area contributed by atoms with Crippen LogP contribution >= 0.6 is 0 Å². The van der Waals surface area contributed by atoms with Gasteiger partial charge >= 0.3 is 0 Å². The number of piperidine rings is 1. The number of hydrogen-bond donors (Lipinski definition) is 1. The molecule has 0 amide bonds. The second-order valence-electron chi connectivity index (χ2n) is 6.10. The zero-order valence-corrected chi connectivity index (χ0v) is 12.9. The molecule has 1 N–H and O–H groups in total. The van der Waals surface area contributed by atoms with Crippen molar-refractivity contribution in [2.24, 2.45) is 0 Å². The molecule has 0 aliphatic carbocycles. The molecule has 1 heterocycles. The molecule has 2 rings (SSSR count). The smallest absolute Gasteiger partial charge is 0.0916 e. The monoisotopic (exact) mass is 277 g/mol. The quantitative estimate of drug-likeness (QED) is 0.898. The van der Waals surface area contributed by atoms with Gasteiger partial charge in [0.2, 0.25) is 0 Å². The van der Waals surface area contributed by atoms with E-state index in [1.54, 1.807) is 7.11 Å². The Bertz CT molecular complexity index is 418. The van der Waals surface area contributed by atoms with Crippen LogP contribution < -0.4 is 0 Å². The van der Waals surface area contributed by atoms with Crippen LogP contribution in [0.1, 0.15) is 43.9 Å². The van der Waals surface area contributed by atoms with E-state index in [2.05, 4.69) is 30.9 Å². The molecule has 1 aliphatic heterocycles. The Balaban J connectivity index is 1.94. The minimum atomic E-state index is -0.417. The standard InChI is InChI=1S/C17H27NO2/c1-4-14-6-8-15(9-7-14)16(19)12-18-11-5-10-17(2,13-18)20-3/h6-9,16,19H,4-5,10-13H2,1-3H3. The number of ether oxygens (including phenoxy) is 1. The molecule has 1 fully saturated rings. The van der Waals surface area contributed by atoms with Gasteiger partial charge in [0.05, 0.1) is 11.7 Å². The molecule has 0 saturated carbocycles. The Kier molecular flexibility index (Phi) is 5.19. The maximum atomic E-state index is 10.4. The Labute approximate surface area is 122 Å². The molecule has 0 aromatic heterocycles. The molecule has 0 radical (unpaired) electrons. The number of aliphatic hydroxyl groups excluding tert-OH is 1. The Morgan fingerprint density at radius 3 is 2.65 bits per heavy atom. The summed E-state index contributed by atoms with van der Waals surface area (Å²) in [5.41, 5.74) is 2.25. The second-order valence-corrected chi connectivity index (χ2v) is 6.10. The molecule has 0 spiro atoms. The van der Waals surface area contributed by atoms with Crippen LogP contribution in [0.5, 0.6) is 0 Å². The van der Waals surface area contributed by atoms with Gasteiger partial charge in [-0.3, -0.25) is 4.90 Å². The van der Waals surface area contributed by atoms with Crippen LogP contribution in [0.3, 0.4) is 0 Å². The molecule has 20 heavy (non-hydrogen) atoms. The summed E-state index contributed by atoms with van der Waals surface area (Å²) in [6, 6.07) is 8.30. The fourth-order valence-corrected chi connectivity index (χ4v) is 2.96. The highest BCUT2D eigenvalue weighted by molar-refractivity contribution is 5.24. The molecule has 1 aliphatic rings. The fraction of sp³-hybridized carbons (Fsp3) is 0.647. The van der Waals surface area contributed by atoms with Gasteiger partial charge in [0, 0.05) is 20.2 Å². The molecule has 2 unspecified atom stereocenters. The Morgan fingerprint density at radius 2 is 2.05 bits per heavy atom. The van der Waals surface area contributed by atoms with Crippen molar-refractivity contribution in [1.29, 1.82) is 0 Å². The maximum absolute atomic E-state index is 10.4. The number of hydrogen-bond acceptors (Lipinski definition) is 3. The molecule has 1 aromatic rings. The first-order valence-electron chi connectivity index (χ1n) is 7.61. The summed E-state index contributed by atoms with van der Waals surface area (Å²) >= 11 is 0. The zero-order chi connectivity index (χ0) is 14.6. The highest BCUT2D eigenvalue weighted by Crippen LogP contribution is 2.25. The molecule has 1 aromatic carbocycles. The van der Waals surface area contributed by atoms with Crippen molar-refractivity contribution >= 4 is 0 Å². The minimum absolute atomic E-state index is 0.0654. The van der Waals surface area contributed by atoms with Crippen molar-refractivity contribution in [2.75, 3.05) is 26.7 Å². The lowest BCUT2D eigenvalue weighted by Gasteiger charge is -2.40. The van der Waals surface area contributed by atoms with Crippen LogP contribution in [0, 0.1) is 0 Å². The summed E-state index contributed by atoms with van der Waals surface area (Å²) in [6.07, 6.45) is 2.85. The first-order chi connectivity index (χ1) is 9.56. The SMILES string of the molecule is CCc1ccc(C(O)CN2CCCC(C)(OC)C2)cc1. The summed E-state index contributed by atoms with van der Waals surface area (Å²) < 4.78 is 5.60. The van der Waals surface area contributed by atoms with Crippen LogP contribution in [0.15, 0.2) is 24.3 Å². The van der Waals surface area contributed by atoms with E-state index in [0.717, 1.165) is 37.9 Å². The largest absolute Gasteiger partial charge is 0.387 e. The maximum Gasteiger partial charge on any atom is 0.0916 e. The molecule has 3 heteroatoms. The van der Waals surface area contributed by atoms with Gasteiger partial charge in [-0.2, -0.15) is 0 Å². The van der Waals surface area contributed by atoms with E-state index in [0.29, 0.717) is 6.54 Å². The van der Waals surface area contributed by atoms with Gasteiger partial charge in [-0.25, -0.2) is 0 Å². The van der Waals surface area contributed by atoms with Gasteiger partial charge in [-0.15, -0.1) is 0 Å². The molecule has 1 saturated heterocycles. The van der Waals surface area contributed by atoms with E-state index in [9.17, 15) is 5.11 Å². The predicted octanol–water partition coefficient (Wildman–Crippen LogP) is 2.78. The number of aliphatic hydroxyl groups is 1. The van der Waals surface area contributed by atoms with Crippen molar-refractivity contribution in [1.82, 2.24) is 4.90 Å². The third kappa shape index (κ3) is 3.81. The summed E-state index contributed by atoms with van der Waals surface area (Å²) in [6.45, 7) is 6.92. The van der Waals surface area contributed by atoms with Gasteiger partial charge in [0.15, 0.2) is 0 Å². The average molecular weight is 277 g/mol. The highest BCUT2D eigenvalue weighted by Gasteiger charge is 2.31. The van der Waals surface area contributed by atoms with Crippen molar-refractivity contribution in [2.45, 2.75) is 44.8 Å². The molecular formula is C17H27NO2. The van der Waals surface area contributed by atoms with Crippen LogP contribution in [0.2, 0.25) is 0 Å². The topological polar surface area (TPSA) is 32.7 Å². The second kappa shape index (κ2) is 6.70. The first kappa shape index (κ1) is 15.5. The van der Waals surface area contributed by atoms with E-state index in [4.69, 9.17) is 4.74 Å². The molecule has 0 bridgehead atoms. The average Bonchev–Trinajstić information content (AvgIpc) is 2.47. The van der Waals surface area contributed by atoms with E-state index >= 15 is 0 Å². The Morgan fingerprint density at radius 1 is 1.35 bits per heavy atom. The predicted molar refractivity (Wildman–Crippen MR) is 81.9 cm³/mol. The number of aryl methyl sites for hydroxylation is 1. The fourth-order valence-electron chi connectivity index (χ4n) is 2.96. The summed E-state index contributed by atoms with van der Waals surface area (Å²) in [7, 11) is 1.78. The van der Waals surface area contributed by atoms with Crippen LogP contribution in [0.4, 0.5) is 0 Å². The normalized spacial score (nSPS) is 25.6. The zero-order valence-electron chi connectivity index (χ0n) is 12.9. The van der Waals surface area contributed by atoms with Crippen molar-refractivity contribution in [3.63, 3.8) is 0 Å². The summed E-state index contributed by atoms with van der Waals surface area (Å²) in [4.78, 5) is 2.31. The van der Waals surface area contributed by atoms with Crippen molar-refractivity contribution in [3.05, 3.63) is 35.4 Å². The van der Waals surface area contributed by atoms with Gasteiger partial charge in [0.1, 0.15) is 0 Å². The number of nitrogens with zero attached hydrogens (tertiary/aromatic N) is 1. The third-order valence-electron chi connectivity index (χ3n) is 4.43. The van der Waals surface area contributed by atoms with Crippen LogP contribution in [0.25, 0.3) is 0 Å². The number of methoxy groups -OCH3 is 1.